The van der Waals surface area contributed by atoms with E-state index < -0.39 is 23.4 Å². The lowest BCUT2D eigenvalue weighted by atomic mass is 10.1. The number of ether oxygens (including phenoxy) is 2. The highest BCUT2D eigenvalue weighted by Gasteiger charge is 2.19. The van der Waals surface area contributed by atoms with Gasteiger partial charge in [0.05, 0.1) is 5.36 Å². The maximum Gasteiger partial charge on any atom is 0.434 e. The van der Waals surface area contributed by atoms with Crippen molar-refractivity contribution in [2.75, 3.05) is 0 Å². The first-order valence-corrected chi connectivity index (χ1v) is 8.73. The molecule has 0 saturated carbocycles. The van der Waals surface area contributed by atoms with Gasteiger partial charge in [0.1, 0.15) is 11.2 Å². The molecule has 1 aromatic heterocycles. The van der Waals surface area contributed by atoms with Gasteiger partial charge in [-0.2, -0.15) is 4.99 Å². The predicted molar refractivity (Wildman–Crippen MR) is 103 cm³/mol. The van der Waals surface area contributed by atoms with Gasteiger partial charge < -0.3 is 9.47 Å². The first-order chi connectivity index (χ1) is 12.4. The Balaban J connectivity index is 2.52. The molecule has 1 amide bonds. The van der Waals surface area contributed by atoms with E-state index in [1.54, 1.807) is 53.8 Å². The summed E-state index contributed by atoms with van der Waals surface area (Å²) in [6.45, 7) is 10.7. The van der Waals surface area contributed by atoms with E-state index in [0.29, 0.717) is 10.9 Å². The van der Waals surface area contributed by atoms with Crippen LogP contribution in [0.2, 0.25) is 0 Å². The summed E-state index contributed by atoms with van der Waals surface area (Å²) in [7, 11) is 0. The number of pyridine rings is 1. The molecule has 0 aliphatic carbocycles. The second-order valence-electron chi connectivity index (χ2n) is 8.09. The second-order valence-corrected chi connectivity index (χ2v) is 8.09. The van der Waals surface area contributed by atoms with Crippen LogP contribution in [-0.4, -0.2) is 28.0 Å². The molecule has 1 heterocycles. The molecular weight excluding hydrogens is 344 g/mol. The first-order valence-electron chi connectivity index (χ1n) is 8.73. The number of hydrogen-bond acceptors (Lipinski definition) is 4. The summed E-state index contributed by atoms with van der Waals surface area (Å²) < 4.78 is 12.0. The normalized spacial score (nSPS) is 12.6. The van der Waals surface area contributed by atoms with Gasteiger partial charge in [0.15, 0.2) is 0 Å². The average molecular weight is 370 g/mol. The molecule has 0 unspecified atom stereocenters. The number of carbonyl (C=O) groups is 2. The number of rotatable bonds is 1. The smallest absolute Gasteiger partial charge is 0.434 e. The quantitative estimate of drug-likeness (QED) is 0.725. The van der Waals surface area contributed by atoms with Crippen LogP contribution >= 0.6 is 0 Å². The lowest BCUT2D eigenvalue weighted by Crippen LogP contribution is -2.28. The SMILES string of the molecule is CC(C)(C)OC(=O)/N=c1\ccn(C(=O)OC(C)(C)C)cc1-c1ccccc1. The highest BCUT2D eigenvalue weighted by molar-refractivity contribution is 5.74. The molecule has 27 heavy (non-hydrogen) atoms. The minimum Gasteiger partial charge on any atom is -0.443 e. The number of amides is 1. The first kappa shape index (κ1) is 20.4. The minimum atomic E-state index is -0.685. The second kappa shape index (κ2) is 7.78. The summed E-state index contributed by atoms with van der Waals surface area (Å²) in [4.78, 5) is 28.6. The van der Waals surface area contributed by atoms with Gasteiger partial charge in [-0.1, -0.05) is 30.3 Å². The van der Waals surface area contributed by atoms with Crippen LogP contribution in [-0.2, 0) is 9.47 Å². The Morgan fingerprint density at radius 2 is 1.48 bits per heavy atom. The maximum atomic E-state index is 12.4. The minimum absolute atomic E-state index is 0.412. The van der Waals surface area contributed by atoms with Crippen molar-refractivity contribution >= 4 is 12.2 Å². The van der Waals surface area contributed by atoms with Gasteiger partial charge in [-0.3, -0.25) is 4.57 Å². The number of hydrogen-bond donors (Lipinski definition) is 0. The molecule has 0 saturated heterocycles. The largest absolute Gasteiger partial charge is 0.443 e. The zero-order chi connectivity index (χ0) is 20.2. The van der Waals surface area contributed by atoms with E-state index in [0.717, 1.165) is 5.56 Å². The van der Waals surface area contributed by atoms with Crippen molar-refractivity contribution in [3.05, 3.63) is 54.1 Å². The molecule has 2 rings (SSSR count). The van der Waals surface area contributed by atoms with E-state index in [1.807, 2.05) is 30.3 Å². The summed E-state index contributed by atoms with van der Waals surface area (Å²) >= 11 is 0. The van der Waals surface area contributed by atoms with Crippen LogP contribution in [0.25, 0.3) is 11.1 Å². The zero-order valence-electron chi connectivity index (χ0n) is 16.6. The zero-order valence-corrected chi connectivity index (χ0v) is 16.6. The van der Waals surface area contributed by atoms with Gasteiger partial charge in [0.2, 0.25) is 0 Å². The third kappa shape index (κ3) is 6.40. The third-order valence-corrected chi connectivity index (χ3v) is 3.23. The molecule has 0 radical (unpaired) electrons. The Morgan fingerprint density at radius 1 is 0.889 bits per heavy atom. The van der Waals surface area contributed by atoms with E-state index in [4.69, 9.17) is 9.47 Å². The average Bonchev–Trinajstić information content (AvgIpc) is 2.52. The molecule has 144 valence electrons. The van der Waals surface area contributed by atoms with E-state index >= 15 is 0 Å². The van der Waals surface area contributed by atoms with Crippen molar-refractivity contribution in [2.45, 2.75) is 52.7 Å². The van der Waals surface area contributed by atoms with Crippen LogP contribution in [0.5, 0.6) is 0 Å². The van der Waals surface area contributed by atoms with E-state index in [2.05, 4.69) is 4.99 Å². The number of nitrogens with zero attached hydrogens (tertiary/aromatic N) is 2. The molecule has 0 aliphatic rings. The van der Waals surface area contributed by atoms with Crippen molar-refractivity contribution in [2.24, 2.45) is 4.99 Å². The molecule has 0 atom stereocenters. The van der Waals surface area contributed by atoms with Crippen LogP contribution in [0.4, 0.5) is 9.59 Å². The van der Waals surface area contributed by atoms with Crippen LogP contribution in [0.15, 0.2) is 53.8 Å². The maximum absolute atomic E-state index is 12.4. The number of carbonyl (C=O) groups excluding carboxylic acids is 2. The summed E-state index contributed by atoms with van der Waals surface area (Å²) in [5.41, 5.74) is 0.183. The molecule has 0 N–H and O–H groups in total. The van der Waals surface area contributed by atoms with Crippen LogP contribution in [0, 0.1) is 0 Å². The van der Waals surface area contributed by atoms with Crippen molar-refractivity contribution in [3.63, 3.8) is 0 Å². The summed E-state index contributed by atoms with van der Waals surface area (Å²) in [5, 5.41) is 0.412. The Morgan fingerprint density at radius 3 is 2.04 bits per heavy atom. The van der Waals surface area contributed by atoms with Crippen LogP contribution < -0.4 is 5.36 Å². The van der Waals surface area contributed by atoms with Crippen LogP contribution in [0.1, 0.15) is 41.5 Å². The highest BCUT2D eigenvalue weighted by Crippen LogP contribution is 2.16. The molecule has 6 heteroatoms. The fraction of sp³-hybridized carbons (Fsp3) is 0.381. The lowest BCUT2D eigenvalue weighted by Gasteiger charge is -2.20. The molecule has 1 aromatic carbocycles. The number of benzene rings is 1. The van der Waals surface area contributed by atoms with Gasteiger partial charge in [0, 0.05) is 18.0 Å². The van der Waals surface area contributed by atoms with E-state index in [-0.39, 0.29) is 0 Å². The molecule has 0 bridgehead atoms. The fourth-order valence-electron chi connectivity index (χ4n) is 2.24. The molecular formula is C21H26N2O4. The highest BCUT2D eigenvalue weighted by atomic mass is 16.6. The fourth-order valence-corrected chi connectivity index (χ4v) is 2.24. The Labute approximate surface area is 159 Å². The van der Waals surface area contributed by atoms with Crippen LogP contribution in [0.3, 0.4) is 0 Å². The summed E-state index contributed by atoms with van der Waals surface area (Å²) in [5.74, 6) is 0. The standard InChI is InChI=1S/C21H26N2O4/c1-20(2,3)26-18(24)22-17-12-13-23(19(25)27-21(4,5)6)14-16(17)15-10-8-7-9-11-15/h7-14H,1-6H3/b22-17+. The molecule has 2 aromatic rings. The van der Waals surface area contributed by atoms with Gasteiger partial charge >= 0.3 is 12.2 Å². The van der Waals surface area contributed by atoms with Crippen molar-refractivity contribution < 1.29 is 19.1 Å². The molecule has 6 nitrogen and oxygen atoms in total. The summed E-state index contributed by atoms with van der Waals surface area (Å²) in [6.07, 6.45) is 1.93. The lowest BCUT2D eigenvalue weighted by molar-refractivity contribution is 0.0535. The predicted octanol–water partition coefficient (Wildman–Crippen LogP) is 4.77. The number of aromatic nitrogens is 1. The Bertz CT molecular complexity index is 885. The third-order valence-electron chi connectivity index (χ3n) is 3.23. The van der Waals surface area contributed by atoms with Gasteiger partial charge in [-0.05, 0) is 53.2 Å². The van der Waals surface area contributed by atoms with Crippen molar-refractivity contribution in [1.82, 2.24) is 4.57 Å². The van der Waals surface area contributed by atoms with Gasteiger partial charge in [0.25, 0.3) is 0 Å². The van der Waals surface area contributed by atoms with Crippen molar-refractivity contribution in [3.8, 4) is 11.1 Å². The molecule has 0 spiro atoms. The Hall–Kier alpha value is -2.89. The van der Waals surface area contributed by atoms with Gasteiger partial charge in [-0.25, -0.2) is 9.59 Å². The molecule has 0 fully saturated rings. The van der Waals surface area contributed by atoms with E-state index in [1.165, 1.54) is 10.8 Å². The Kier molecular flexibility index (Phi) is 5.88. The topological polar surface area (TPSA) is 69.9 Å². The van der Waals surface area contributed by atoms with Crippen molar-refractivity contribution in [1.29, 1.82) is 0 Å². The molecule has 0 aliphatic heterocycles. The summed E-state index contributed by atoms with van der Waals surface area (Å²) in [6, 6.07) is 11.0. The van der Waals surface area contributed by atoms with E-state index in [9.17, 15) is 9.59 Å². The van der Waals surface area contributed by atoms with Gasteiger partial charge in [-0.15, -0.1) is 0 Å². The monoisotopic (exact) mass is 370 g/mol.